The summed E-state index contributed by atoms with van der Waals surface area (Å²) in [6.45, 7) is 1.14. The molecule has 0 aliphatic carbocycles. The van der Waals surface area contributed by atoms with Gasteiger partial charge in [0.1, 0.15) is 0 Å². The second-order valence-corrected chi connectivity index (χ2v) is 5.22. The van der Waals surface area contributed by atoms with Gasteiger partial charge in [0.25, 0.3) is 0 Å². The zero-order valence-electron chi connectivity index (χ0n) is 6.59. The van der Waals surface area contributed by atoms with Crippen LogP contribution in [-0.2, 0) is 0 Å². The maximum Gasteiger partial charge on any atom is 0.0790 e. The molecular weight excluding hydrogens is 281 g/mol. The lowest BCUT2D eigenvalue weighted by molar-refractivity contribution is 0.751. The van der Waals surface area contributed by atoms with Gasteiger partial charge in [-0.1, -0.05) is 12.1 Å². The van der Waals surface area contributed by atoms with Crippen LogP contribution in [0.25, 0.3) is 0 Å². The monoisotopic (exact) mass is 291 g/mol. The Bertz CT molecular complexity index is 254. The van der Waals surface area contributed by atoms with Gasteiger partial charge in [0, 0.05) is 15.9 Å². The molecule has 64 valence electrons. The normalized spacial score (nSPS) is 22.9. The molecule has 0 radical (unpaired) electrons. The first-order chi connectivity index (χ1) is 5.86. The van der Waals surface area contributed by atoms with Gasteiger partial charge in [-0.15, -0.1) is 11.8 Å². The maximum atomic E-state index is 3.45. The standard InChI is InChI=1S/C9H10INS/c10-8-3-1-7(2-4-8)9-11-5-6-12-9/h1-4,9,11H,5-6H2. The van der Waals surface area contributed by atoms with Gasteiger partial charge in [0.2, 0.25) is 0 Å². The molecule has 0 amide bonds. The summed E-state index contributed by atoms with van der Waals surface area (Å²) in [5, 5.41) is 3.98. The fourth-order valence-corrected chi connectivity index (χ4v) is 2.69. The molecule has 1 saturated heterocycles. The third kappa shape index (κ3) is 1.95. The van der Waals surface area contributed by atoms with Gasteiger partial charge in [0.05, 0.1) is 5.37 Å². The Hall–Kier alpha value is 0.260. The van der Waals surface area contributed by atoms with Crippen molar-refractivity contribution in [3.05, 3.63) is 33.4 Å². The third-order valence-corrected chi connectivity index (χ3v) is 3.82. The third-order valence-electron chi connectivity index (χ3n) is 1.89. The van der Waals surface area contributed by atoms with Crippen LogP contribution in [0.1, 0.15) is 10.9 Å². The molecule has 1 aliphatic heterocycles. The molecule has 1 atom stereocenters. The van der Waals surface area contributed by atoms with Crippen LogP contribution in [0.15, 0.2) is 24.3 Å². The van der Waals surface area contributed by atoms with Crippen molar-refractivity contribution >= 4 is 34.4 Å². The first-order valence-corrected chi connectivity index (χ1v) is 6.09. The van der Waals surface area contributed by atoms with Crippen LogP contribution in [0.4, 0.5) is 0 Å². The van der Waals surface area contributed by atoms with Crippen molar-refractivity contribution in [1.82, 2.24) is 5.32 Å². The highest BCUT2D eigenvalue weighted by molar-refractivity contribution is 14.1. The fraction of sp³-hybridized carbons (Fsp3) is 0.333. The summed E-state index contributed by atoms with van der Waals surface area (Å²) in [5.41, 5.74) is 1.40. The summed E-state index contributed by atoms with van der Waals surface area (Å²) in [5.74, 6) is 1.23. The molecule has 0 aromatic heterocycles. The van der Waals surface area contributed by atoms with E-state index < -0.39 is 0 Å². The van der Waals surface area contributed by atoms with Crippen molar-refractivity contribution in [2.24, 2.45) is 0 Å². The number of hydrogen-bond donors (Lipinski definition) is 1. The van der Waals surface area contributed by atoms with Crippen LogP contribution in [0.3, 0.4) is 0 Å². The highest BCUT2D eigenvalue weighted by Gasteiger charge is 2.15. The Labute approximate surface area is 90.5 Å². The van der Waals surface area contributed by atoms with Crippen molar-refractivity contribution in [3.63, 3.8) is 0 Å². The Morgan fingerprint density at radius 2 is 2.08 bits per heavy atom. The molecule has 0 spiro atoms. The van der Waals surface area contributed by atoms with Crippen molar-refractivity contribution in [1.29, 1.82) is 0 Å². The fourth-order valence-electron chi connectivity index (χ4n) is 1.28. The van der Waals surface area contributed by atoms with Gasteiger partial charge in [0.15, 0.2) is 0 Å². The smallest absolute Gasteiger partial charge is 0.0790 e. The summed E-state index contributed by atoms with van der Waals surface area (Å²) >= 11 is 4.32. The lowest BCUT2D eigenvalue weighted by Crippen LogP contribution is -2.11. The molecule has 1 aromatic rings. The van der Waals surface area contributed by atoms with E-state index in [-0.39, 0.29) is 0 Å². The maximum absolute atomic E-state index is 3.45. The van der Waals surface area contributed by atoms with Gasteiger partial charge in [-0.05, 0) is 40.3 Å². The Morgan fingerprint density at radius 3 is 2.67 bits per heavy atom. The second-order valence-electron chi connectivity index (χ2n) is 2.76. The highest BCUT2D eigenvalue weighted by atomic mass is 127. The van der Waals surface area contributed by atoms with Crippen LogP contribution >= 0.6 is 34.4 Å². The summed E-state index contributed by atoms with van der Waals surface area (Å²) in [6.07, 6.45) is 0. The molecule has 1 aliphatic rings. The average Bonchev–Trinajstić information content (AvgIpc) is 2.58. The van der Waals surface area contributed by atoms with Crippen LogP contribution in [0.2, 0.25) is 0 Å². The van der Waals surface area contributed by atoms with Gasteiger partial charge in [-0.25, -0.2) is 0 Å². The highest BCUT2D eigenvalue weighted by Crippen LogP contribution is 2.29. The quantitative estimate of drug-likeness (QED) is 0.798. The predicted molar refractivity (Wildman–Crippen MR) is 62.4 cm³/mol. The molecule has 1 N–H and O–H groups in total. The van der Waals surface area contributed by atoms with Crippen LogP contribution < -0.4 is 5.32 Å². The zero-order chi connectivity index (χ0) is 8.39. The van der Waals surface area contributed by atoms with Crippen molar-refractivity contribution in [3.8, 4) is 0 Å². The summed E-state index contributed by atoms with van der Waals surface area (Å²) in [4.78, 5) is 0. The minimum Gasteiger partial charge on any atom is -0.301 e. The summed E-state index contributed by atoms with van der Waals surface area (Å²) in [7, 11) is 0. The van der Waals surface area contributed by atoms with E-state index in [0.29, 0.717) is 5.37 Å². The van der Waals surface area contributed by atoms with E-state index in [2.05, 4.69) is 52.2 Å². The Morgan fingerprint density at radius 1 is 1.33 bits per heavy atom. The van der Waals surface area contributed by atoms with Gasteiger partial charge >= 0.3 is 0 Å². The van der Waals surface area contributed by atoms with Gasteiger partial charge in [-0.2, -0.15) is 0 Å². The van der Waals surface area contributed by atoms with Gasteiger partial charge in [-0.3, -0.25) is 0 Å². The molecule has 0 saturated carbocycles. The van der Waals surface area contributed by atoms with Crippen LogP contribution in [0, 0.1) is 3.57 Å². The molecule has 1 unspecified atom stereocenters. The minimum atomic E-state index is 0.530. The van der Waals surface area contributed by atoms with E-state index in [9.17, 15) is 0 Å². The number of rotatable bonds is 1. The largest absolute Gasteiger partial charge is 0.301 e. The zero-order valence-corrected chi connectivity index (χ0v) is 9.56. The average molecular weight is 291 g/mol. The molecule has 1 fully saturated rings. The van der Waals surface area contributed by atoms with Crippen molar-refractivity contribution in [2.75, 3.05) is 12.3 Å². The molecule has 1 aromatic carbocycles. The Kier molecular flexibility index (Phi) is 2.93. The molecule has 1 nitrogen and oxygen atoms in total. The lowest BCUT2D eigenvalue weighted by atomic mass is 10.2. The topological polar surface area (TPSA) is 12.0 Å². The first-order valence-electron chi connectivity index (χ1n) is 3.97. The van der Waals surface area contributed by atoms with Gasteiger partial charge < -0.3 is 5.32 Å². The summed E-state index contributed by atoms with van der Waals surface area (Å²) < 4.78 is 1.30. The first kappa shape index (κ1) is 8.84. The Balaban J connectivity index is 2.17. The molecule has 3 heteroatoms. The van der Waals surface area contributed by atoms with Crippen LogP contribution in [-0.4, -0.2) is 12.3 Å². The van der Waals surface area contributed by atoms with E-state index in [4.69, 9.17) is 0 Å². The number of hydrogen-bond acceptors (Lipinski definition) is 2. The van der Waals surface area contributed by atoms with E-state index in [1.165, 1.54) is 14.9 Å². The van der Waals surface area contributed by atoms with Crippen LogP contribution in [0.5, 0.6) is 0 Å². The molecule has 0 bridgehead atoms. The van der Waals surface area contributed by atoms with E-state index in [0.717, 1.165) is 6.54 Å². The van der Waals surface area contributed by atoms with Crippen molar-refractivity contribution in [2.45, 2.75) is 5.37 Å². The number of nitrogens with one attached hydrogen (secondary N) is 1. The van der Waals surface area contributed by atoms with E-state index in [1.807, 2.05) is 11.8 Å². The molecule has 12 heavy (non-hydrogen) atoms. The number of thioether (sulfide) groups is 1. The lowest BCUT2D eigenvalue weighted by Gasteiger charge is -2.08. The summed E-state index contributed by atoms with van der Waals surface area (Å²) in [6, 6.07) is 8.74. The van der Waals surface area contributed by atoms with Crippen molar-refractivity contribution < 1.29 is 0 Å². The number of halogens is 1. The predicted octanol–water partition coefficient (Wildman–Crippen LogP) is 2.63. The SMILES string of the molecule is Ic1ccc(C2NCCS2)cc1. The van der Waals surface area contributed by atoms with E-state index >= 15 is 0 Å². The molecular formula is C9H10INS. The van der Waals surface area contributed by atoms with E-state index in [1.54, 1.807) is 0 Å². The number of benzene rings is 1. The molecule has 2 rings (SSSR count). The molecule has 1 heterocycles. The minimum absolute atomic E-state index is 0.530. The second kappa shape index (κ2) is 3.98.